The molecule has 0 spiro atoms. The highest BCUT2D eigenvalue weighted by Gasteiger charge is 2.37. The summed E-state index contributed by atoms with van der Waals surface area (Å²) < 4.78 is 28.4. The smallest absolute Gasteiger partial charge is 0.241 e. The van der Waals surface area contributed by atoms with Crippen LogP contribution in [0.4, 0.5) is 0 Å². The molecule has 1 aromatic heterocycles. The number of benzene rings is 1. The molecule has 1 unspecified atom stereocenters. The molecule has 0 aliphatic heterocycles. The normalized spacial score (nSPS) is 21.8. The van der Waals surface area contributed by atoms with Gasteiger partial charge in [-0.25, -0.2) is 13.1 Å². The zero-order valence-corrected chi connectivity index (χ0v) is 15.3. The molecule has 3 rings (SSSR count). The summed E-state index contributed by atoms with van der Waals surface area (Å²) in [7, 11) is -3.66. The van der Waals surface area contributed by atoms with Gasteiger partial charge in [-0.3, -0.25) is 4.98 Å². The first-order valence-corrected chi connectivity index (χ1v) is 10.1. The third kappa shape index (κ3) is 4.08. The second kappa shape index (κ2) is 7.23. The standard InChI is InChI=1S/C19H24N2O3S/c1-13(2)14-6-8-17(9-7-14)25(23,24)21-19(15-11-16(22)12-15)18-5-3-4-10-20-18/h3-10,13,15-16,19,21-22H,11-12H2,1-2H3. The fourth-order valence-corrected chi connectivity index (χ4v) is 4.41. The van der Waals surface area contributed by atoms with Crippen molar-refractivity contribution in [1.82, 2.24) is 9.71 Å². The number of rotatable bonds is 6. The summed E-state index contributed by atoms with van der Waals surface area (Å²) in [5.74, 6) is 0.400. The highest BCUT2D eigenvalue weighted by Crippen LogP contribution is 2.38. The van der Waals surface area contributed by atoms with Crippen LogP contribution in [0, 0.1) is 5.92 Å². The Bertz CT molecular complexity index is 798. The lowest BCUT2D eigenvalue weighted by molar-refractivity contribution is 0.0273. The maximum Gasteiger partial charge on any atom is 0.241 e. The molecular weight excluding hydrogens is 336 g/mol. The number of hydrogen-bond acceptors (Lipinski definition) is 4. The molecule has 1 aliphatic carbocycles. The number of sulfonamides is 1. The Labute approximate surface area is 149 Å². The molecule has 134 valence electrons. The van der Waals surface area contributed by atoms with Gasteiger partial charge in [0.15, 0.2) is 0 Å². The highest BCUT2D eigenvalue weighted by atomic mass is 32.2. The summed E-state index contributed by atoms with van der Waals surface area (Å²) in [6.45, 7) is 4.14. The molecule has 0 radical (unpaired) electrons. The van der Waals surface area contributed by atoms with Crippen LogP contribution in [0.5, 0.6) is 0 Å². The Morgan fingerprint density at radius 3 is 2.32 bits per heavy atom. The molecule has 0 bridgehead atoms. The molecule has 1 fully saturated rings. The van der Waals surface area contributed by atoms with Crippen molar-refractivity contribution in [3.63, 3.8) is 0 Å². The van der Waals surface area contributed by atoms with Gasteiger partial charge >= 0.3 is 0 Å². The molecule has 0 amide bonds. The minimum absolute atomic E-state index is 0.0506. The van der Waals surface area contributed by atoms with E-state index < -0.39 is 16.1 Å². The van der Waals surface area contributed by atoms with Crippen molar-refractivity contribution < 1.29 is 13.5 Å². The molecule has 1 aliphatic rings. The van der Waals surface area contributed by atoms with Crippen LogP contribution in [0.3, 0.4) is 0 Å². The summed E-state index contributed by atoms with van der Waals surface area (Å²) in [5.41, 5.74) is 1.78. The van der Waals surface area contributed by atoms with Crippen LogP contribution < -0.4 is 4.72 Å². The number of aliphatic hydroxyl groups is 1. The number of nitrogens with one attached hydrogen (secondary N) is 1. The van der Waals surface area contributed by atoms with Crippen LogP contribution >= 0.6 is 0 Å². The van der Waals surface area contributed by atoms with E-state index in [1.807, 2.05) is 24.3 Å². The predicted octanol–water partition coefficient (Wildman–Crippen LogP) is 3.00. The summed E-state index contributed by atoms with van der Waals surface area (Å²) in [4.78, 5) is 4.56. The quantitative estimate of drug-likeness (QED) is 0.830. The Hall–Kier alpha value is -1.76. The van der Waals surface area contributed by atoms with E-state index in [0.717, 1.165) is 5.56 Å². The average Bonchev–Trinajstić information content (AvgIpc) is 2.58. The van der Waals surface area contributed by atoms with Crippen molar-refractivity contribution in [2.75, 3.05) is 0 Å². The molecule has 1 heterocycles. The Balaban J connectivity index is 1.85. The monoisotopic (exact) mass is 360 g/mol. The fraction of sp³-hybridized carbons (Fsp3) is 0.421. The third-order valence-corrected chi connectivity index (χ3v) is 6.22. The second-order valence-electron chi connectivity index (χ2n) is 6.96. The first-order chi connectivity index (χ1) is 11.9. The van der Waals surface area contributed by atoms with E-state index in [2.05, 4.69) is 23.6 Å². The van der Waals surface area contributed by atoms with E-state index in [0.29, 0.717) is 24.5 Å². The first-order valence-electron chi connectivity index (χ1n) is 8.58. The van der Waals surface area contributed by atoms with Crippen molar-refractivity contribution in [3.8, 4) is 0 Å². The van der Waals surface area contributed by atoms with Crippen LogP contribution in [0.15, 0.2) is 53.6 Å². The van der Waals surface area contributed by atoms with E-state index in [1.54, 1.807) is 24.4 Å². The Kier molecular flexibility index (Phi) is 5.22. The van der Waals surface area contributed by atoms with Gasteiger partial charge in [-0.05, 0) is 54.5 Å². The maximum absolute atomic E-state index is 12.8. The van der Waals surface area contributed by atoms with Crippen molar-refractivity contribution in [2.24, 2.45) is 5.92 Å². The summed E-state index contributed by atoms with van der Waals surface area (Å²) in [6.07, 6.45) is 2.46. The average molecular weight is 360 g/mol. The number of aliphatic hydroxyl groups excluding tert-OH is 1. The van der Waals surface area contributed by atoms with E-state index in [1.165, 1.54) is 0 Å². The lowest BCUT2D eigenvalue weighted by Gasteiger charge is -2.37. The number of nitrogens with zero attached hydrogens (tertiary/aromatic N) is 1. The van der Waals surface area contributed by atoms with Gasteiger partial charge in [-0.2, -0.15) is 0 Å². The lowest BCUT2D eigenvalue weighted by atomic mass is 9.76. The number of aromatic nitrogens is 1. The maximum atomic E-state index is 12.8. The molecule has 1 saturated carbocycles. The number of pyridine rings is 1. The predicted molar refractivity (Wildman–Crippen MR) is 96.6 cm³/mol. The topological polar surface area (TPSA) is 79.3 Å². The Morgan fingerprint density at radius 2 is 1.80 bits per heavy atom. The third-order valence-electron chi connectivity index (χ3n) is 4.77. The van der Waals surface area contributed by atoms with Crippen molar-refractivity contribution in [2.45, 2.75) is 49.6 Å². The van der Waals surface area contributed by atoms with E-state index in [9.17, 15) is 13.5 Å². The fourth-order valence-electron chi connectivity index (χ4n) is 3.13. The molecule has 1 atom stereocenters. The van der Waals surface area contributed by atoms with Crippen LogP contribution in [-0.2, 0) is 10.0 Å². The summed E-state index contributed by atoms with van der Waals surface area (Å²) in [6, 6.07) is 12.0. The van der Waals surface area contributed by atoms with E-state index in [-0.39, 0.29) is 16.9 Å². The molecule has 2 aromatic rings. The van der Waals surface area contributed by atoms with Gasteiger partial charge in [0, 0.05) is 6.20 Å². The molecule has 2 N–H and O–H groups in total. The molecular formula is C19H24N2O3S. The van der Waals surface area contributed by atoms with E-state index >= 15 is 0 Å². The van der Waals surface area contributed by atoms with Gasteiger partial charge in [0.1, 0.15) is 0 Å². The SMILES string of the molecule is CC(C)c1ccc(S(=O)(=O)NC(c2ccccn2)C2CC(O)C2)cc1. The summed E-state index contributed by atoms with van der Waals surface area (Å²) in [5, 5.41) is 9.61. The minimum atomic E-state index is -3.66. The molecule has 5 nitrogen and oxygen atoms in total. The lowest BCUT2D eigenvalue weighted by Crippen LogP contribution is -2.41. The van der Waals surface area contributed by atoms with Crippen LogP contribution in [0.25, 0.3) is 0 Å². The number of hydrogen-bond donors (Lipinski definition) is 2. The van der Waals surface area contributed by atoms with Crippen LogP contribution in [0.2, 0.25) is 0 Å². The zero-order valence-electron chi connectivity index (χ0n) is 14.5. The summed E-state index contributed by atoms with van der Waals surface area (Å²) >= 11 is 0. The zero-order chi connectivity index (χ0) is 18.0. The minimum Gasteiger partial charge on any atom is -0.393 e. The molecule has 25 heavy (non-hydrogen) atoms. The van der Waals surface area contributed by atoms with Gasteiger partial charge in [0.25, 0.3) is 0 Å². The van der Waals surface area contributed by atoms with Crippen LogP contribution in [-0.4, -0.2) is 24.6 Å². The van der Waals surface area contributed by atoms with Gasteiger partial charge in [0.2, 0.25) is 10.0 Å². The van der Waals surface area contributed by atoms with Gasteiger partial charge in [-0.1, -0.05) is 32.0 Å². The van der Waals surface area contributed by atoms with Crippen molar-refractivity contribution in [3.05, 3.63) is 59.9 Å². The second-order valence-corrected chi connectivity index (χ2v) is 8.68. The molecule has 6 heteroatoms. The molecule has 1 aromatic carbocycles. The largest absolute Gasteiger partial charge is 0.393 e. The first kappa shape index (κ1) is 18.0. The van der Waals surface area contributed by atoms with Gasteiger partial charge in [-0.15, -0.1) is 0 Å². The van der Waals surface area contributed by atoms with Crippen LogP contribution in [0.1, 0.15) is 49.9 Å². The highest BCUT2D eigenvalue weighted by molar-refractivity contribution is 7.89. The van der Waals surface area contributed by atoms with E-state index in [4.69, 9.17) is 0 Å². The van der Waals surface area contributed by atoms with Crippen molar-refractivity contribution >= 4 is 10.0 Å². The van der Waals surface area contributed by atoms with Gasteiger partial charge < -0.3 is 5.11 Å². The Morgan fingerprint density at radius 1 is 1.12 bits per heavy atom. The molecule has 0 saturated heterocycles. The van der Waals surface area contributed by atoms with Crippen molar-refractivity contribution in [1.29, 1.82) is 0 Å². The van der Waals surface area contributed by atoms with Gasteiger partial charge in [0.05, 0.1) is 22.7 Å².